The van der Waals surface area contributed by atoms with Gasteiger partial charge in [-0.2, -0.15) is 0 Å². The first-order valence-electron chi connectivity index (χ1n) is 10.4. The number of nitrogens with zero attached hydrogens (tertiary/aromatic N) is 4. The molecule has 0 bridgehead atoms. The van der Waals surface area contributed by atoms with Crippen molar-refractivity contribution < 1.29 is 13.3 Å². The summed E-state index contributed by atoms with van der Waals surface area (Å²) in [6.07, 6.45) is 0. The molecule has 0 spiro atoms. The van der Waals surface area contributed by atoms with E-state index >= 15 is 0 Å². The minimum Gasteiger partial charge on any atom is -0.354 e. The lowest BCUT2D eigenvalue weighted by molar-refractivity contribution is -0.385. The highest BCUT2D eigenvalue weighted by molar-refractivity contribution is 7.90. The average Bonchev–Trinajstić information content (AvgIpc) is 2.80. The fourth-order valence-corrected chi connectivity index (χ4v) is 5.11. The molecule has 0 aliphatic carbocycles. The normalized spacial score (nSPS) is 14.9. The summed E-state index contributed by atoms with van der Waals surface area (Å²) in [5.74, 6) is 0.0445. The smallest absolute Gasteiger partial charge is 0.291 e. The van der Waals surface area contributed by atoms with Gasteiger partial charge in [-0.15, -0.1) is 0 Å². The van der Waals surface area contributed by atoms with Gasteiger partial charge in [0.2, 0.25) is 0 Å². The van der Waals surface area contributed by atoms with Crippen LogP contribution in [0.2, 0.25) is 0 Å². The Morgan fingerprint density at radius 2 is 1.50 bits per heavy atom. The molecular formula is C23H24N4O4S. The second-order valence-electron chi connectivity index (χ2n) is 7.71. The Hall–Kier alpha value is -3.30. The van der Waals surface area contributed by atoms with E-state index in [1.54, 1.807) is 24.3 Å². The first-order valence-corrected chi connectivity index (χ1v) is 12.0. The topological polar surface area (TPSA) is 96.7 Å². The van der Waals surface area contributed by atoms with Crippen LogP contribution in [0.1, 0.15) is 11.3 Å². The lowest BCUT2D eigenvalue weighted by Crippen LogP contribution is -2.46. The summed E-state index contributed by atoms with van der Waals surface area (Å²) in [5, 5.41) is 11.5. The van der Waals surface area contributed by atoms with E-state index in [4.69, 9.17) is 0 Å². The predicted molar refractivity (Wildman–Crippen MR) is 122 cm³/mol. The second kappa shape index (κ2) is 9.46. The van der Waals surface area contributed by atoms with E-state index in [0.717, 1.165) is 19.6 Å². The monoisotopic (exact) mass is 452 g/mol. The summed E-state index contributed by atoms with van der Waals surface area (Å²) >= 11 is 0. The molecule has 166 valence electrons. The lowest BCUT2D eigenvalue weighted by atomic mass is 10.2. The Bertz CT molecular complexity index is 1180. The van der Waals surface area contributed by atoms with E-state index in [0.29, 0.717) is 18.9 Å². The zero-order valence-corrected chi connectivity index (χ0v) is 18.3. The fraction of sp³-hybridized carbons (Fsp3) is 0.261. The third-order valence-electron chi connectivity index (χ3n) is 5.51. The van der Waals surface area contributed by atoms with Crippen LogP contribution in [0.15, 0.2) is 77.7 Å². The van der Waals surface area contributed by atoms with Crippen LogP contribution in [-0.2, 0) is 22.1 Å². The van der Waals surface area contributed by atoms with Crippen molar-refractivity contribution in [1.29, 1.82) is 0 Å². The molecule has 1 fully saturated rings. The fourth-order valence-electron chi connectivity index (χ4n) is 3.80. The van der Waals surface area contributed by atoms with Gasteiger partial charge in [0.25, 0.3) is 5.69 Å². The molecule has 1 aromatic heterocycles. The molecule has 0 saturated carbocycles. The van der Waals surface area contributed by atoms with Gasteiger partial charge in [0.15, 0.2) is 9.84 Å². The van der Waals surface area contributed by atoms with Crippen LogP contribution >= 0.6 is 0 Å². The van der Waals surface area contributed by atoms with Gasteiger partial charge in [-0.1, -0.05) is 48.5 Å². The maximum absolute atomic E-state index is 12.8. The minimum atomic E-state index is -3.75. The average molecular weight is 453 g/mol. The molecule has 8 nitrogen and oxygen atoms in total. The van der Waals surface area contributed by atoms with Gasteiger partial charge < -0.3 is 4.90 Å². The first kappa shape index (κ1) is 21.9. The maximum atomic E-state index is 12.8. The highest BCUT2D eigenvalue weighted by atomic mass is 32.2. The summed E-state index contributed by atoms with van der Waals surface area (Å²) in [6, 6.07) is 21.1. The molecule has 0 N–H and O–H groups in total. The number of pyridine rings is 1. The molecule has 1 aliphatic heterocycles. The summed E-state index contributed by atoms with van der Waals surface area (Å²) in [4.78, 5) is 19.9. The Kier molecular flexibility index (Phi) is 6.48. The molecule has 0 unspecified atom stereocenters. The Morgan fingerprint density at radius 1 is 0.875 bits per heavy atom. The SMILES string of the molecule is O=[N+]([O-])c1ccc(N2CCN(Cc3ccccc3)CC2)nc1CS(=O)(=O)c1ccccc1. The lowest BCUT2D eigenvalue weighted by Gasteiger charge is -2.35. The maximum Gasteiger partial charge on any atom is 0.291 e. The molecule has 32 heavy (non-hydrogen) atoms. The number of piperazine rings is 1. The van der Waals surface area contributed by atoms with Crippen LogP contribution in [-0.4, -0.2) is 49.4 Å². The van der Waals surface area contributed by atoms with E-state index in [2.05, 4.69) is 22.0 Å². The van der Waals surface area contributed by atoms with Gasteiger partial charge in [0.1, 0.15) is 17.3 Å². The Morgan fingerprint density at radius 3 is 2.12 bits per heavy atom. The van der Waals surface area contributed by atoms with Crippen LogP contribution < -0.4 is 4.90 Å². The van der Waals surface area contributed by atoms with Gasteiger partial charge in [0.05, 0.1) is 9.82 Å². The highest BCUT2D eigenvalue weighted by Gasteiger charge is 2.26. The van der Waals surface area contributed by atoms with Crippen molar-refractivity contribution >= 4 is 21.3 Å². The molecule has 1 aliphatic rings. The number of sulfone groups is 1. The second-order valence-corrected chi connectivity index (χ2v) is 9.70. The highest BCUT2D eigenvalue weighted by Crippen LogP contribution is 2.26. The van der Waals surface area contributed by atoms with E-state index in [1.807, 2.05) is 23.1 Å². The Balaban J connectivity index is 1.50. The predicted octanol–water partition coefficient (Wildman–Crippen LogP) is 3.29. The number of nitro groups is 1. The zero-order valence-electron chi connectivity index (χ0n) is 17.5. The largest absolute Gasteiger partial charge is 0.354 e. The van der Waals surface area contributed by atoms with Gasteiger partial charge in [-0.25, -0.2) is 13.4 Å². The van der Waals surface area contributed by atoms with Crippen molar-refractivity contribution in [2.24, 2.45) is 0 Å². The van der Waals surface area contributed by atoms with Gasteiger partial charge >= 0.3 is 0 Å². The standard InChI is InChI=1S/C23H24N4O4S/c28-27(29)22-11-12-23(24-21(22)18-32(30,31)20-9-5-2-6-10-20)26-15-13-25(14-16-26)17-19-7-3-1-4-8-19/h1-12H,13-18H2. The third kappa shape index (κ3) is 5.12. The molecule has 2 aromatic carbocycles. The van der Waals surface area contributed by atoms with Gasteiger partial charge in [-0.3, -0.25) is 15.0 Å². The third-order valence-corrected chi connectivity index (χ3v) is 7.15. The van der Waals surface area contributed by atoms with Crippen LogP contribution in [0.25, 0.3) is 0 Å². The zero-order chi connectivity index (χ0) is 22.6. The van der Waals surface area contributed by atoms with Crippen LogP contribution in [0.5, 0.6) is 0 Å². The molecule has 4 rings (SSSR count). The molecule has 1 saturated heterocycles. The van der Waals surface area contributed by atoms with E-state index in [9.17, 15) is 18.5 Å². The molecular weight excluding hydrogens is 428 g/mol. The van der Waals surface area contributed by atoms with Crippen LogP contribution in [0.4, 0.5) is 11.5 Å². The number of anilines is 1. The van der Waals surface area contributed by atoms with Crippen molar-refractivity contribution in [1.82, 2.24) is 9.88 Å². The van der Waals surface area contributed by atoms with Crippen LogP contribution in [0.3, 0.4) is 0 Å². The molecule has 3 aromatic rings. The van der Waals surface area contributed by atoms with Crippen molar-refractivity contribution in [2.75, 3.05) is 31.1 Å². The summed E-state index contributed by atoms with van der Waals surface area (Å²) in [7, 11) is -3.75. The van der Waals surface area contributed by atoms with Gasteiger partial charge in [-0.05, 0) is 23.8 Å². The molecule has 0 amide bonds. The summed E-state index contributed by atoms with van der Waals surface area (Å²) < 4.78 is 25.6. The quantitative estimate of drug-likeness (QED) is 0.401. The van der Waals surface area contributed by atoms with Crippen molar-refractivity contribution in [3.63, 3.8) is 0 Å². The first-order chi connectivity index (χ1) is 15.4. The summed E-state index contributed by atoms with van der Waals surface area (Å²) in [5.41, 5.74) is 0.932. The molecule has 0 atom stereocenters. The van der Waals surface area contributed by atoms with Crippen molar-refractivity contribution in [3.8, 4) is 0 Å². The number of benzene rings is 2. The number of hydrogen-bond donors (Lipinski definition) is 0. The number of hydrogen-bond acceptors (Lipinski definition) is 7. The number of rotatable bonds is 7. The van der Waals surface area contributed by atoms with Crippen molar-refractivity contribution in [2.45, 2.75) is 17.2 Å². The van der Waals surface area contributed by atoms with Crippen molar-refractivity contribution in [3.05, 3.63) is 94.2 Å². The number of aromatic nitrogens is 1. The Labute approximate surface area is 187 Å². The molecule has 9 heteroatoms. The van der Waals surface area contributed by atoms with E-state index in [-0.39, 0.29) is 16.3 Å². The minimum absolute atomic E-state index is 0.0388. The molecule has 0 radical (unpaired) electrons. The van der Waals surface area contributed by atoms with E-state index in [1.165, 1.54) is 23.8 Å². The molecule has 2 heterocycles. The summed E-state index contributed by atoms with van der Waals surface area (Å²) in [6.45, 7) is 3.93. The van der Waals surface area contributed by atoms with E-state index < -0.39 is 20.5 Å². The van der Waals surface area contributed by atoms with Gasteiger partial charge in [0, 0.05) is 38.8 Å². The van der Waals surface area contributed by atoms with Crippen LogP contribution in [0, 0.1) is 10.1 Å².